The van der Waals surface area contributed by atoms with Gasteiger partial charge >= 0.3 is 0 Å². The molecule has 0 aromatic heterocycles. The van der Waals surface area contributed by atoms with Crippen molar-refractivity contribution in [1.82, 2.24) is 5.32 Å². The van der Waals surface area contributed by atoms with Gasteiger partial charge in [-0.25, -0.2) is 4.99 Å². The highest BCUT2D eigenvalue weighted by Crippen LogP contribution is 2.38. The lowest BCUT2D eigenvalue weighted by atomic mass is 9.79. The molecule has 0 spiro atoms. The monoisotopic (exact) mass is 367 g/mol. The minimum absolute atomic E-state index is 0.227. The first-order valence-electron chi connectivity index (χ1n) is 9.97. The van der Waals surface area contributed by atoms with E-state index in [1.807, 2.05) is 12.1 Å². The van der Waals surface area contributed by atoms with Gasteiger partial charge in [-0.3, -0.25) is 4.79 Å². The normalized spacial score (nSPS) is 23.4. The maximum atomic E-state index is 12.6. The summed E-state index contributed by atoms with van der Waals surface area (Å²) in [4.78, 5) is 19.5. The van der Waals surface area contributed by atoms with Crippen molar-refractivity contribution in [2.45, 2.75) is 50.5 Å². The lowest BCUT2D eigenvalue weighted by molar-refractivity contribution is -0.116. The summed E-state index contributed by atoms with van der Waals surface area (Å²) in [6.45, 7) is 1.20. The third kappa shape index (κ3) is 3.58. The number of likely N-dealkylation sites (N-methyl/N-ethyl adjacent to an activating group) is 1. The highest BCUT2D eigenvalue weighted by atomic mass is 16.1. The highest BCUT2D eigenvalue weighted by Gasteiger charge is 2.39. The third-order valence-electron chi connectivity index (χ3n) is 5.95. The molecule has 0 atom stereocenters. The van der Waals surface area contributed by atoms with Crippen LogP contribution < -0.4 is 21.3 Å². The number of amidine groups is 1. The molecule has 0 radical (unpaired) electrons. The van der Waals surface area contributed by atoms with Gasteiger partial charge in [-0.1, -0.05) is 25.0 Å². The lowest BCUT2D eigenvalue weighted by Crippen LogP contribution is -2.45. The van der Waals surface area contributed by atoms with Crippen LogP contribution in [0.15, 0.2) is 40.5 Å². The van der Waals surface area contributed by atoms with Crippen molar-refractivity contribution in [3.05, 3.63) is 35.5 Å². The van der Waals surface area contributed by atoms with Gasteiger partial charge in [-0.05, 0) is 37.8 Å². The largest absolute Gasteiger partial charge is 0.369 e. The number of anilines is 2. The number of rotatable bonds is 4. The van der Waals surface area contributed by atoms with Crippen LogP contribution in [0.3, 0.4) is 0 Å². The van der Waals surface area contributed by atoms with E-state index in [1.54, 1.807) is 0 Å². The summed E-state index contributed by atoms with van der Waals surface area (Å²) in [6.07, 6.45) is 6.45. The molecule has 3 aliphatic rings. The molecule has 0 unspecified atom stereocenters. The third-order valence-corrected chi connectivity index (χ3v) is 5.95. The first kappa shape index (κ1) is 18.0. The molecular formula is C21H29N5O. The summed E-state index contributed by atoms with van der Waals surface area (Å²) >= 11 is 0. The lowest BCUT2D eigenvalue weighted by Gasteiger charge is -2.32. The molecule has 1 heterocycles. The number of allylic oxidation sites excluding steroid dienone is 1. The minimum Gasteiger partial charge on any atom is -0.369 e. The molecule has 144 valence electrons. The molecule has 6 nitrogen and oxygen atoms in total. The van der Waals surface area contributed by atoms with Crippen molar-refractivity contribution in [3.8, 4) is 0 Å². The summed E-state index contributed by atoms with van der Waals surface area (Å²) in [5.74, 6) is 1.15. The molecule has 1 aromatic carbocycles. The Morgan fingerprint density at radius 3 is 2.81 bits per heavy atom. The van der Waals surface area contributed by atoms with E-state index in [2.05, 4.69) is 34.7 Å². The highest BCUT2D eigenvalue weighted by molar-refractivity contribution is 6.04. The number of nitrogens with one attached hydrogen (secondary N) is 2. The van der Waals surface area contributed by atoms with E-state index in [0.717, 1.165) is 67.9 Å². The number of aliphatic imine (C=N–C) groups is 1. The second-order valence-electron chi connectivity index (χ2n) is 7.93. The van der Waals surface area contributed by atoms with Crippen LogP contribution in [0, 0.1) is 0 Å². The van der Waals surface area contributed by atoms with E-state index in [-0.39, 0.29) is 5.78 Å². The number of hydrogen-bond donors (Lipinski definition) is 3. The van der Waals surface area contributed by atoms with Gasteiger partial charge < -0.3 is 21.3 Å². The van der Waals surface area contributed by atoms with Gasteiger partial charge in [0.25, 0.3) is 0 Å². The Balaban J connectivity index is 1.49. The van der Waals surface area contributed by atoms with Crippen LogP contribution in [0.2, 0.25) is 0 Å². The van der Waals surface area contributed by atoms with Crippen LogP contribution in [0.25, 0.3) is 0 Å². The molecule has 0 bridgehead atoms. The van der Waals surface area contributed by atoms with Crippen LogP contribution in [0.4, 0.5) is 11.4 Å². The van der Waals surface area contributed by atoms with Gasteiger partial charge in [-0.15, -0.1) is 0 Å². The number of hydrogen-bond acceptors (Lipinski definition) is 5. The van der Waals surface area contributed by atoms with Gasteiger partial charge in [0.05, 0.1) is 17.9 Å². The summed E-state index contributed by atoms with van der Waals surface area (Å²) in [5.41, 5.74) is 10.3. The molecule has 1 aromatic rings. The fraction of sp³-hybridized carbons (Fsp3) is 0.524. The number of nitrogens with two attached hydrogens (primary N) is 1. The number of benzene rings is 1. The van der Waals surface area contributed by atoms with Crippen LogP contribution in [0.5, 0.6) is 0 Å². The van der Waals surface area contributed by atoms with Gasteiger partial charge in [0, 0.05) is 30.3 Å². The molecule has 4 rings (SSSR count). The number of ketones is 1. The number of para-hydroxylation sites is 2. The number of Topliss-reactive ketones (excluding diaryl/α,β-unsaturated/α-hetero) is 1. The van der Waals surface area contributed by atoms with E-state index in [1.165, 1.54) is 5.69 Å². The topological polar surface area (TPSA) is 82.8 Å². The zero-order valence-corrected chi connectivity index (χ0v) is 16.1. The van der Waals surface area contributed by atoms with Crippen LogP contribution in [-0.4, -0.2) is 37.4 Å². The van der Waals surface area contributed by atoms with E-state index in [4.69, 9.17) is 10.7 Å². The molecule has 4 N–H and O–H groups in total. The second-order valence-corrected chi connectivity index (χ2v) is 7.93. The molecule has 1 fully saturated rings. The Labute approximate surface area is 160 Å². The zero-order chi connectivity index (χ0) is 18.9. The molecule has 1 aliphatic heterocycles. The summed E-state index contributed by atoms with van der Waals surface area (Å²) in [6, 6.07) is 8.23. The van der Waals surface area contributed by atoms with Gasteiger partial charge in [0.15, 0.2) is 5.78 Å². The van der Waals surface area contributed by atoms with E-state index >= 15 is 0 Å². The molecule has 1 saturated carbocycles. The Bertz CT molecular complexity index is 792. The zero-order valence-electron chi connectivity index (χ0n) is 16.1. The number of carbonyl (C=O) groups is 1. The van der Waals surface area contributed by atoms with Crippen LogP contribution in [-0.2, 0) is 4.79 Å². The van der Waals surface area contributed by atoms with Crippen molar-refractivity contribution in [3.63, 3.8) is 0 Å². The Morgan fingerprint density at radius 2 is 2.00 bits per heavy atom. The Kier molecular flexibility index (Phi) is 4.91. The predicted octanol–water partition coefficient (Wildman–Crippen LogP) is 2.77. The van der Waals surface area contributed by atoms with Crippen molar-refractivity contribution in [2.24, 2.45) is 10.7 Å². The van der Waals surface area contributed by atoms with Gasteiger partial charge in [0.2, 0.25) is 0 Å². The second kappa shape index (κ2) is 7.35. The molecule has 27 heavy (non-hydrogen) atoms. The van der Waals surface area contributed by atoms with E-state index < -0.39 is 5.54 Å². The van der Waals surface area contributed by atoms with Crippen LogP contribution in [0.1, 0.15) is 44.9 Å². The number of carbonyl (C=O) groups excluding carboxylic acids is 1. The number of fused-ring (bicyclic) bond motifs is 1. The van der Waals surface area contributed by atoms with E-state index in [9.17, 15) is 4.79 Å². The molecule has 0 saturated heterocycles. The van der Waals surface area contributed by atoms with Gasteiger partial charge in [0.1, 0.15) is 12.5 Å². The summed E-state index contributed by atoms with van der Waals surface area (Å²) in [5, 5.41) is 6.83. The van der Waals surface area contributed by atoms with Crippen molar-refractivity contribution < 1.29 is 4.79 Å². The summed E-state index contributed by atoms with van der Waals surface area (Å²) < 4.78 is 0. The fourth-order valence-corrected chi connectivity index (χ4v) is 4.59. The van der Waals surface area contributed by atoms with Crippen molar-refractivity contribution in [2.75, 3.05) is 30.5 Å². The maximum Gasteiger partial charge on any atom is 0.162 e. The predicted molar refractivity (Wildman–Crippen MR) is 110 cm³/mol. The van der Waals surface area contributed by atoms with E-state index in [0.29, 0.717) is 13.1 Å². The number of nitrogens with zero attached hydrogens (tertiary/aromatic N) is 2. The molecular weight excluding hydrogens is 338 g/mol. The molecule has 6 heteroatoms. The Morgan fingerprint density at radius 1 is 1.22 bits per heavy atom. The quantitative estimate of drug-likeness (QED) is 0.762. The minimum atomic E-state index is -0.435. The first-order chi connectivity index (χ1) is 13.1. The Hall–Kier alpha value is -2.34. The summed E-state index contributed by atoms with van der Waals surface area (Å²) in [7, 11) is 2.07. The van der Waals surface area contributed by atoms with Crippen LogP contribution >= 0.6 is 0 Å². The smallest absolute Gasteiger partial charge is 0.162 e. The SMILES string of the molecule is CN1C/C(=N\CNC2=C(C3(N)CCCC3)C(=O)CCC2)Nc2ccccc21. The van der Waals surface area contributed by atoms with Crippen molar-refractivity contribution >= 4 is 23.0 Å². The molecule has 2 aliphatic carbocycles. The average Bonchev–Trinajstić information content (AvgIpc) is 3.09. The van der Waals surface area contributed by atoms with Crippen molar-refractivity contribution in [1.29, 1.82) is 0 Å². The average molecular weight is 367 g/mol. The molecule has 0 amide bonds. The maximum absolute atomic E-state index is 12.6. The first-order valence-corrected chi connectivity index (χ1v) is 9.97. The van der Waals surface area contributed by atoms with Gasteiger partial charge in [-0.2, -0.15) is 0 Å². The standard InChI is InChI=1S/C21H29N5O/c1-26-13-19(25-15-7-2-3-9-17(15)26)24-14-23-16-8-6-10-18(27)20(16)21(22)11-4-5-12-21/h2-3,7,9,23H,4-6,8,10-14,22H2,1H3,(H,24,25). The fourth-order valence-electron chi connectivity index (χ4n) is 4.59.